The van der Waals surface area contributed by atoms with Gasteiger partial charge in [0.05, 0.1) is 6.04 Å². The number of anilines is 2. The summed E-state index contributed by atoms with van der Waals surface area (Å²) in [6.45, 7) is 1.56. The van der Waals surface area contributed by atoms with Crippen LogP contribution in [0, 0.1) is 0 Å². The normalized spacial score (nSPS) is 21.6. The summed E-state index contributed by atoms with van der Waals surface area (Å²) in [5.41, 5.74) is 6.68. The smallest absolute Gasteiger partial charge is 0.352 e. The van der Waals surface area contributed by atoms with Crippen LogP contribution in [0.5, 0.6) is 0 Å². The summed E-state index contributed by atoms with van der Waals surface area (Å²) in [4.78, 5) is 74.3. The molecular weight excluding hydrogens is 554 g/mol. The van der Waals surface area contributed by atoms with Crippen molar-refractivity contribution < 1.29 is 38.5 Å². The summed E-state index contributed by atoms with van der Waals surface area (Å²) in [5.74, 6) is -3.77. The number of nitrogens with zero attached hydrogens (tertiary/aromatic N) is 5. The number of nitrogen functional groups attached to an aromatic ring is 1. The molecule has 3 aliphatic rings. The van der Waals surface area contributed by atoms with Gasteiger partial charge in [-0.15, -0.1) is 11.3 Å². The fraction of sp³-hybridized carbons (Fsp3) is 0.308. The van der Waals surface area contributed by atoms with E-state index in [4.69, 9.17) is 5.73 Å². The number of pyridine rings is 1. The molecule has 212 valence electrons. The van der Waals surface area contributed by atoms with Gasteiger partial charge in [-0.05, 0) is 37.0 Å². The summed E-state index contributed by atoms with van der Waals surface area (Å²) < 4.78 is 1.83. The lowest BCUT2D eigenvalue weighted by atomic mass is 9.82. The second-order valence-electron chi connectivity index (χ2n) is 9.64. The van der Waals surface area contributed by atoms with E-state index in [1.54, 1.807) is 11.0 Å². The zero-order valence-corrected chi connectivity index (χ0v) is 22.9. The first-order chi connectivity index (χ1) is 19.5. The molecule has 0 radical (unpaired) electrons. The minimum atomic E-state index is -1.31. The summed E-state index contributed by atoms with van der Waals surface area (Å²) in [6, 6.07) is 1.99. The lowest BCUT2D eigenvalue weighted by Gasteiger charge is -2.50. The van der Waals surface area contributed by atoms with Gasteiger partial charge in [0.15, 0.2) is 23.2 Å². The SMILES string of the molecule is CC(=O)O/N=C(\C(=O)N[C@@H]1C(=O)N2C(C(=O)O)=C(/C=C3\CCN(c4ccc[n+](C)c4)C3=O)CC[C@H]12)c1csc(N)n1. The molecule has 2 fully saturated rings. The zero-order chi connectivity index (χ0) is 29.4. The van der Waals surface area contributed by atoms with E-state index in [2.05, 4.69) is 20.3 Å². The minimum Gasteiger partial charge on any atom is -0.477 e. The Morgan fingerprint density at radius 1 is 1.32 bits per heavy atom. The number of aromatic nitrogens is 2. The average molecular weight is 581 g/mol. The number of nitrogens with one attached hydrogen (secondary N) is 1. The number of amides is 3. The number of carbonyl (C=O) groups is 5. The zero-order valence-electron chi connectivity index (χ0n) is 22.1. The van der Waals surface area contributed by atoms with E-state index in [1.165, 1.54) is 5.38 Å². The Kier molecular flexibility index (Phi) is 7.36. The second-order valence-corrected chi connectivity index (χ2v) is 10.5. The Morgan fingerprint density at radius 2 is 2.10 bits per heavy atom. The van der Waals surface area contributed by atoms with Gasteiger partial charge in [0.2, 0.25) is 0 Å². The molecule has 0 saturated carbocycles. The fourth-order valence-electron chi connectivity index (χ4n) is 5.09. The third-order valence-corrected chi connectivity index (χ3v) is 7.59. The topological polar surface area (TPSA) is 188 Å². The molecule has 2 saturated heterocycles. The number of β-lactam (4-membered cyclic amide) rings is 1. The standard InChI is InChI=1S/C26H25N7O7S/c1-13(34)40-30-19(17-12-41-26(27)28-17)22(35)29-20-18-6-5-14(21(25(38)39)33(18)24(20)37)10-15-7-9-32(23(15)36)16-4-3-8-31(2)11-16/h3-4,8,10-12,18,20H,5-7,9H2,1-2H3,(H3-,27,28,29,35,38,39)/p+1/b15-10+,30-19-/t18-,20+/m1/s1. The number of nitrogens with two attached hydrogens (primary N) is 1. The summed E-state index contributed by atoms with van der Waals surface area (Å²) in [5, 5.41) is 17.8. The van der Waals surface area contributed by atoms with Gasteiger partial charge in [-0.25, -0.2) is 19.1 Å². The van der Waals surface area contributed by atoms with Crippen molar-refractivity contribution in [1.82, 2.24) is 15.2 Å². The van der Waals surface area contributed by atoms with Crippen LogP contribution in [0.1, 0.15) is 31.9 Å². The van der Waals surface area contributed by atoms with Crippen molar-refractivity contribution >= 4 is 57.5 Å². The molecule has 0 spiro atoms. The molecule has 15 heteroatoms. The fourth-order valence-corrected chi connectivity index (χ4v) is 5.64. The summed E-state index contributed by atoms with van der Waals surface area (Å²) in [7, 11) is 1.85. The predicted molar refractivity (Wildman–Crippen MR) is 144 cm³/mol. The van der Waals surface area contributed by atoms with Crippen LogP contribution in [0.2, 0.25) is 0 Å². The molecule has 3 aliphatic heterocycles. The first-order valence-corrected chi connectivity index (χ1v) is 13.5. The van der Waals surface area contributed by atoms with Crippen LogP contribution in [-0.2, 0) is 35.9 Å². The van der Waals surface area contributed by atoms with Crippen molar-refractivity contribution in [2.24, 2.45) is 12.2 Å². The molecule has 41 heavy (non-hydrogen) atoms. The number of carboxylic acids is 1. The number of carboxylic acid groups (broad SMARTS) is 1. The molecule has 4 N–H and O–H groups in total. The van der Waals surface area contributed by atoms with Crippen LogP contribution in [0.15, 0.2) is 58.0 Å². The van der Waals surface area contributed by atoms with Gasteiger partial charge in [0.1, 0.15) is 30.2 Å². The van der Waals surface area contributed by atoms with Crippen LogP contribution in [0.4, 0.5) is 10.8 Å². The number of aliphatic carboxylic acids is 1. The number of hydrogen-bond donors (Lipinski definition) is 3. The second kappa shape index (κ2) is 10.9. The van der Waals surface area contributed by atoms with Gasteiger partial charge in [-0.1, -0.05) is 5.16 Å². The molecule has 5 heterocycles. The monoisotopic (exact) mass is 580 g/mol. The number of thiazole rings is 1. The van der Waals surface area contributed by atoms with E-state index in [-0.39, 0.29) is 34.6 Å². The van der Waals surface area contributed by atoms with E-state index in [0.29, 0.717) is 30.5 Å². The lowest BCUT2D eigenvalue weighted by molar-refractivity contribution is -0.670. The highest BCUT2D eigenvalue weighted by atomic mass is 32.1. The number of allylic oxidation sites excluding steroid dienone is 2. The van der Waals surface area contributed by atoms with Gasteiger partial charge in [0, 0.05) is 30.5 Å². The molecule has 0 bridgehead atoms. The third-order valence-electron chi connectivity index (χ3n) is 6.92. The highest BCUT2D eigenvalue weighted by Crippen LogP contribution is 2.38. The van der Waals surface area contributed by atoms with Crippen LogP contribution in [-0.4, -0.2) is 69.0 Å². The molecule has 14 nitrogen and oxygen atoms in total. The highest BCUT2D eigenvalue weighted by Gasteiger charge is 2.53. The van der Waals surface area contributed by atoms with E-state index in [9.17, 15) is 29.1 Å². The van der Waals surface area contributed by atoms with Crippen molar-refractivity contribution in [3.63, 3.8) is 0 Å². The van der Waals surface area contributed by atoms with Gasteiger partial charge < -0.3 is 25.9 Å². The summed E-state index contributed by atoms with van der Waals surface area (Å²) in [6.07, 6.45) is 6.30. The molecule has 5 rings (SSSR count). The maximum atomic E-state index is 13.1. The van der Waals surface area contributed by atoms with E-state index < -0.39 is 35.8 Å². The summed E-state index contributed by atoms with van der Waals surface area (Å²) >= 11 is 1.04. The number of hydrogen-bond acceptors (Lipinski definition) is 10. The van der Waals surface area contributed by atoms with Gasteiger partial charge in [-0.3, -0.25) is 19.3 Å². The lowest BCUT2D eigenvalue weighted by Crippen LogP contribution is -2.72. The molecule has 2 aromatic rings. The van der Waals surface area contributed by atoms with Crippen LogP contribution < -0.4 is 20.5 Å². The molecule has 3 amide bonds. The van der Waals surface area contributed by atoms with Crippen LogP contribution in [0.3, 0.4) is 0 Å². The highest BCUT2D eigenvalue weighted by molar-refractivity contribution is 7.13. The van der Waals surface area contributed by atoms with Crippen molar-refractivity contribution in [2.45, 2.75) is 38.3 Å². The maximum absolute atomic E-state index is 13.1. The van der Waals surface area contributed by atoms with Gasteiger partial charge in [0.25, 0.3) is 17.7 Å². The van der Waals surface area contributed by atoms with Crippen molar-refractivity contribution in [3.05, 3.63) is 58.5 Å². The first-order valence-electron chi connectivity index (χ1n) is 12.6. The van der Waals surface area contributed by atoms with Crippen molar-refractivity contribution in [1.29, 1.82) is 0 Å². The van der Waals surface area contributed by atoms with Crippen LogP contribution >= 0.6 is 11.3 Å². The Balaban J connectivity index is 1.36. The van der Waals surface area contributed by atoms with Gasteiger partial charge >= 0.3 is 11.9 Å². The van der Waals surface area contributed by atoms with Crippen molar-refractivity contribution in [2.75, 3.05) is 17.2 Å². The van der Waals surface area contributed by atoms with E-state index in [0.717, 1.165) is 28.8 Å². The number of rotatable bonds is 7. The molecule has 0 aliphatic carbocycles. The van der Waals surface area contributed by atoms with Crippen LogP contribution in [0.25, 0.3) is 0 Å². The maximum Gasteiger partial charge on any atom is 0.352 e. The quantitative estimate of drug-likeness (QED) is 0.101. The molecule has 2 atom stereocenters. The predicted octanol–water partition coefficient (Wildman–Crippen LogP) is 0.00840. The molecule has 0 aromatic carbocycles. The number of aryl methyl sites for hydroxylation is 1. The van der Waals surface area contributed by atoms with Crippen molar-refractivity contribution in [3.8, 4) is 0 Å². The Hall–Kier alpha value is -4.92. The number of carbonyl (C=O) groups excluding carboxylic acids is 4. The van der Waals surface area contributed by atoms with E-state index in [1.807, 2.05) is 36.1 Å². The molecule has 2 aromatic heterocycles. The largest absolute Gasteiger partial charge is 0.477 e. The number of fused-ring (bicyclic) bond motifs is 1. The molecule has 0 unspecified atom stereocenters. The molecular formula is C26H26N7O7S+. The Labute approximate surface area is 237 Å². The van der Waals surface area contributed by atoms with E-state index >= 15 is 0 Å². The minimum absolute atomic E-state index is 0.0538. The third kappa shape index (κ3) is 5.30. The average Bonchev–Trinajstić information content (AvgIpc) is 3.51. The Bertz CT molecular complexity index is 1580. The Morgan fingerprint density at radius 3 is 2.76 bits per heavy atom. The number of oxime groups is 1. The van der Waals surface area contributed by atoms with Gasteiger partial charge in [-0.2, -0.15) is 0 Å². The first kappa shape index (κ1) is 27.6.